The number of carbonyl (C=O) groups excluding carboxylic acids is 1. The van der Waals surface area contributed by atoms with Gasteiger partial charge in [-0.25, -0.2) is 12.8 Å². The third-order valence-electron chi connectivity index (χ3n) is 5.54. The van der Waals surface area contributed by atoms with E-state index < -0.39 is 27.0 Å². The first-order chi connectivity index (χ1) is 13.5. The van der Waals surface area contributed by atoms with E-state index in [1.807, 2.05) is 24.3 Å². The molecule has 28 heavy (non-hydrogen) atoms. The Kier molecular flexibility index (Phi) is 5.21. The molecule has 0 spiro atoms. The summed E-state index contributed by atoms with van der Waals surface area (Å²) in [7, 11) is -3.56. The topological polar surface area (TPSA) is 63.7 Å². The molecule has 148 valence electrons. The lowest BCUT2D eigenvalue weighted by atomic mass is 9.98. The van der Waals surface area contributed by atoms with Gasteiger partial charge in [-0.15, -0.1) is 0 Å². The van der Waals surface area contributed by atoms with Crippen LogP contribution in [0.3, 0.4) is 0 Å². The molecule has 7 heteroatoms. The monoisotopic (exact) mass is 403 g/mol. The summed E-state index contributed by atoms with van der Waals surface area (Å²) in [5.74, 6) is -0.900. The molecule has 2 atom stereocenters. The SMILES string of the molecule is O=C(C1Cc2ccccc2CO1)N1CCC(c2ccccc2F)S(=O)(=O)CC1. The fourth-order valence-corrected chi connectivity index (χ4v) is 5.76. The van der Waals surface area contributed by atoms with Crippen LogP contribution in [-0.4, -0.2) is 44.2 Å². The van der Waals surface area contributed by atoms with Crippen LogP contribution in [0, 0.1) is 5.82 Å². The van der Waals surface area contributed by atoms with Gasteiger partial charge in [-0.1, -0.05) is 42.5 Å². The summed E-state index contributed by atoms with van der Waals surface area (Å²) in [4.78, 5) is 14.5. The van der Waals surface area contributed by atoms with Crippen molar-refractivity contribution in [1.29, 1.82) is 0 Å². The maximum atomic E-state index is 14.2. The van der Waals surface area contributed by atoms with Crippen LogP contribution < -0.4 is 0 Å². The number of nitrogens with zero attached hydrogens (tertiary/aromatic N) is 1. The highest BCUT2D eigenvalue weighted by Gasteiger charge is 2.36. The standard InChI is InChI=1S/C21H22FNO4S/c22-18-8-4-3-7-17(18)20-9-10-23(11-12-28(20,25)26)21(24)19-13-15-5-1-2-6-16(15)14-27-19/h1-8,19-20H,9-14H2. The summed E-state index contributed by atoms with van der Waals surface area (Å²) in [6.45, 7) is 0.739. The van der Waals surface area contributed by atoms with Crippen LogP contribution >= 0.6 is 0 Å². The highest BCUT2D eigenvalue weighted by atomic mass is 32.2. The number of amides is 1. The van der Waals surface area contributed by atoms with Gasteiger partial charge in [-0.3, -0.25) is 4.79 Å². The highest BCUT2D eigenvalue weighted by molar-refractivity contribution is 7.91. The van der Waals surface area contributed by atoms with Gasteiger partial charge in [0.15, 0.2) is 9.84 Å². The maximum absolute atomic E-state index is 14.2. The van der Waals surface area contributed by atoms with Crippen molar-refractivity contribution in [3.05, 3.63) is 71.0 Å². The summed E-state index contributed by atoms with van der Waals surface area (Å²) < 4.78 is 45.4. The van der Waals surface area contributed by atoms with Crippen molar-refractivity contribution >= 4 is 15.7 Å². The minimum Gasteiger partial charge on any atom is -0.363 e. The van der Waals surface area contributed by atoms with Gasteiger partial charge in [0, 0.05) is 25.1 Å². The van der Waals surface area contributed by atoms with Gasteiger partial charge in [0.2, 0.25) is 0 Å². The van der Waals surface area contributed by atoms with E-state index in [1.54, 1.807) is 11.0 Å². The minimum atomic E-state index is -3.56. The van der Waals surface area contributed by atoms with E-state index in [4.69, 9.17) is 4.74 Å². The average molecular weight is 403 g/mol. The van der Waals surface area contributed by atoms with Crippen molar-refractivity contribution in [2.45, 2.75) is 30.8 Å². The van der Waals surface area contributed by atoms with Gasteiger partial charge >= 0.3 is 0 Å². The van der Waals surface area contributed by atoms with Crippen LogP contribution in [0.4, 0.5) is 4.39 Å². The highest BCUT2D eigenvalue weighted by Crippen LogP contribution is 2.31. The Morgan fingerprint density at radius 1 is 1.04 bits per heavy atom. The number of fused-ring (bicyclic) bond motifs is 1. The Balaban J connectivity index is 1.51. The molecule has 0 radical (unpaired) electrons. The molecule has 2 aromatic carbocycles. The second-order valence-corrected chi connectivity index (χ2v) is 9.57. The normalized spacial score (nSPS) is 24.2. The lowest BCUT2D eigenvalue weighted by Crippen LogP contribution is -2.44. The molecule has 1 saturated heterocycles. The van der Waals surface area contributed by atoms with E-state index in [0.717, 1.165) is 11.1 Å². The number of halogens is 1. The summed E-state index contributed by atoms with van der Waals surface area (Å²) in [6.07, 6.45) is 0.0513. The van der Waals surface area contributed by atoms with E-state index in [0.29, 0.717) is 13.0 Å². The number of rotatable bonds is 2. The molecule has 2 heterocycles. The van der Waals surface area contributed by atoms with Crippen molar-refractivity contribution < 1.29 is 22.3 Å². The molecule has 1 amide bonds. The molecule has 0 N–H and O–H groups in total. The minimum absolute atomic E-state index is 0.105. The van der Waals surface area contributed by atoms with Crippen molar-refractivity contribution in [2.24, 2.45) is 0 Å². The van der Waals surface area contributed by atoms with Gasteiger partial charge in [0.1, 0.15) is 11.9 Å². The number of benzene rings is 2. The number of sulfone groups is 1. The van der Waals surface area contributed by atoms with Crippen molar-refractivity contribution in [3.63, 3.8) is 0 Å². The van der Waals surface area contributed by atoms with Crippen LogP contribution in [0.5, 0.6) is 0 Å². The van der Waals surface area contributed by atoms with Gasteiger partial charge in [0.05, 0.1) is 17.6 Å². The van der Waals surface area contributed by atoms with Crippen LogP contribution in [0.15, 0.2) is 48.5 Å². The van der Waals surface area contributed by atoms with E-state index in [2.05, 4.69) is 0 Å². The van der Waals surface area contributed by atoms with Crippen LogP contribution in [0.1, 0.15) is 28.4 Å². The third-order valence-corrected chi connectivity index (χ3v) is 7.65. The molecular formula is C21H22FNO4S. The Morgan fingerprint density at radius 2 is 1.75 bits per heavy atom. The number of hydrogen-bond donors (Lipinski definition) is 0. The van der Waals surface area contributed by atoms with E-state index >= 15 is 0 Å². The molecule has 2 aromatic rings. The fourth-order valence-electron chi connectivity index (χ4n) is 3.96. The Morgan fingerprint density at radius 3 is 2.54 bits per heavy atom. The fraction of sp³-hybridized carbons (Fsp3) is 0.381. The molecule has 1 fully saturated rings. The lowest BCUT2D eigenvalue weighted by Gasteiger charge is -2.29. The maximum Gasteiger partial charge on any atom is 0.252 e. The van der Waals surface area contributed by atoms with Crippen LogP contribution in [-0.2, 0) is 32.4 Å². The van der Waals surface area contributed by atoms with Crippen molar-refractivity contribution in [2.75, 3.05) is 18.8 Å². The number of ether oxygens (including phenoxy) is 1. The molecule has 0 aliphatic carbocycles. The molecule has 0 aromatic heterocycles. The Bertz CT molecular complexity index is 991. The first kappa shape index (κ1) is 19.1. The third kappa shape index (κ3) is 3.69. The second-order valence-electron chi connectivity index (χ2n) is 7.26. The lowest BCUT2D eigenvalue weighted by molar-refractivity contribution is -0.145. The van der Waals surface area contributed by atoms with Crippen molar-refractivity contribution in [3.8, 4) is 0 Å². The van der Waals surface area contributed by atoms with Gasteiger partial charge in [-0.05, 0) is 23.6 Å². The first-order valence-corrected chi connectivity index (χ1v) is 11.1. The molecule has 2 aliphatic heterocycles. The molecule has 0 bridgehead atoms. The Labute approximate surface area is 164 Å². The molecular weight excluding hydrogens is 381 g/mol. The number of carbonyl (C=O) groups is 1. The van der Waals surface area contributed by atoms with Gasteiger partial charge in [-0.2, -0.15) is 0 Å². The summed E-state index contributed by atoms with van der Waals surface area (Å²) in [6, 6.07) is 13.8. The quantitative estimate of drug-likeness (QED) is 0.773. The molecule has 2 aliphatic rings. The van der Waals surface area contributed by atoms with E-state index in [9.17, 15) is 17.6 Å². The zero-order valence-electron chi connectivity index (χ0n) is 15.4. The zero-order valence-corrected chi connectivity index (χ0v) is 16.2. The zero-order chi connectivity index (χ0) is 19.7. The first-order valence-electron chi connectivity index (χ1n) is 9.39. The van der Waals surface area contributed by atoms with Crippen LogP contribution in [0.2, 0.25) is 0 Å². The predicted octanol–water partition coefficient (Wildman–Crippen LogP) is 2.66. The molecule has 4 rings (SSSR count). The number of hydrogen-bond acceptors (Lipinski definition) is 4. The Hall–Kier alpha value is -2.25. The molecule has 5 nitrogen and oxygen atoms in total. The predicted molar refractivity (Wildman–Crippen MR) is 103 cm³/mol. The average Bonchev–Trinajstić information content (AvgIpc) is 2.85. The van der Waals surface area contributed by atoms with E-state index in [1.165, 1.54) is 18.2 Å². The van der Waals surface area contributed by atoms with Gasteiger partial charge < -0.3 is 9.64 Å². The molecule has 0 saturated carbocycles. The molecule has 2 unspecified atom stereocenters. The largest absolute Gasteiger partial charge is 0.363 e. The summed E-state index contributed by atoms with van der Waals surface area (Å²) >= 11 is 0. The smallest absolute Gasteiger partial charge is 0.252 e. The summed E-state index contributed by atoms with van der Waals surface area (Å²) in [5, 5.41) is -0.931. The van der Waals surface area contributed by atoms with Gasteiger partial charge in [0.25, 0.3) is 5.91 Å². The van der Waals surface area contributed by atoms with Crippen LogP contribution in [0.25, 0.3) is 0 Å². The summed E-state index contributed by atoms with van der Waals surface area (Å²) in [5.41, 5.74) is 2.34. The second kappa shape index (κ2) is 7.64. The van der Waals surface area contributed by atoms with Crippen molar-refractivity contribution in [1.82, 2.24) is 4.90 Å². The van der Waals surface area contributed by atoms with E-state index in [-0.39, 0.29) is 36.7 Å².